The summed E-state index contributed by atoms with van der Waals surface area (Å²) < 4.78 is 11.3. The third kappa shape index (κ3) is 14.5. The predicted molar refractivity (Wildman–Crippen MR) is 248 cm³/mol. The molecule has 8 unspecified atom stereocenters. The van der Waals surface area contributed by atoms with Crippen molar-refractivity contribution in [1.29, 1.82) is 0 Å². The van der Waals surface area contributed by atoms with E-state index in [0.717, 1.165) is 32.1 Å². The van der Waals surface area contributed by atoms with Crippen LogP contribution in [0.1, 0.15) is 87.9 Å². The fourth-order valence-corrected chi connectivity index (χ4v) is 8.13. The molecule has 6 rings (SSSR count). The number of aromatic nitrogens is 1. The Kier molecular flexibility index (Phi) is 17.7. The monoisotopic (exact) mass is 953 g/mol. The summed E-state index contributed by atoms with van der Waals surface area (Å²) >= 11 is 0. The fraction of sp³-hybridized carbons (Fsp3) is 0.429. The maximum Gasteiger partial charge on any atom is 0.325 e. The van der Waals surface area contributed by atoms with Crippen LogP contribution in [0.2, 0.25) is 0 Å². The molecule has 0 saturated carbocycles. The molecular formula is C49H59N7O13. The molecule has 20 nitrogen and oxygen atoms in total. The topological polar surface area (TPSA) is 307 Å². The van der Waals surface area contributed by atoms with Gasteiger partial charge in [0.05, 0.1) is 6.10 Å². The Labute approximate surface area is 397 Å². The van der Waals surface area contributed by atoms with E-state index >= 15 is 0 Å². The first-order valence-electron chi connectivity index (χ1n) is 23.1. The minimum absolute atomic E-state index is 0.0919. The number of ether oxygens (including phenoxy) is 2. The van der Waals surface area contributed by atoms with E-state index in [1.165, 1.54) is 43.3 Å². The number of carbonyl (C=O) groups excluding carboxylic acids is 7. The van der Waals surface area contributed by atoms with Crippen molar-refractivity contribution in [3.63, 3.8) is 0 Å². The van der Waals surface area contributed by atoms with Crippen LogP contribution in [0.5, 0.6) is 11.5 Å². The van der Waals surface area contributed by atoms with Crippen LogP contribution in [-0.4, -0.2) is 117 Å². The Hall–Kier alpha value is -7.48. The van der Waals surface area contributed by atoms with Crippen molar-refractivity contribution >= 4 is 58.3 Å². The first-order valence-corrected chi connectivity index (χ1v) is 23.1. The predicted octanol–water partition coefficient (Wildman–Crippen LogP) is 2.22. The Balaban J connectivity index is 1.35. The number of aromatic amines is 1. The number of unbranched alkanes of at least 4 members (excludes halogenated alkanes) is 4. The number of benzene rings is 3. The summed E-state index contributed by atoms with van der Waals surface area (Å²) in [4.78, 5) is 114. The van der Waals surface area contributed by atoms with Gasteiger partial charge >= 0.3 is 11.9 Å². The first kappa shape index (κ1) is 50.9. The molecule has 6 amide bonds. The highest BCUT2D eigenvalue weighted by atomic mass is 16.6. The lowest BCUT2D eigenvalue weighted by molar-refractivity contribution is -0.152. The number of nitrogens with one attached hydrogen (secondary N) is 7. The van der Waals surface area contributed by atoms with Crippen LogP contribution in [0.15, 0.2) is 79.0 Å². The van der Waals surface area contributed by atoms with Crippen LogP contribution in [0.4, 0.5) is 0 Å². The lowest BCUT2D eigenvalue weighted by Crippen LogP contribution is -2.61. The normalized spacial score (nSPS) is 24.0. The average Bonchev–Trinajstić information content (AvgIpc) is 4.00. The largest absolute Gasteiger partial charge is 0.508 e. The molecule has 368 valence electrons. The van der Waals surface area contributed by atoms with Crippen LogP contribution in [0, 0.1) is 0 Å². The molecule has 0 bridgehead atoms. The van der Waals surface area contributed by atoms with Gasteiger partial charge in [0, 0.05) is 36.4 Å². The van der Waals surface area contributed by atoms with Gasteiger partial charge in [-0.3, -0.25) is 38.4 Å². The Bertz CT molecular complexity index is 2480. The summed E-state index contributed by atoms with van der Waals surface area (Å²) in [5.74, 6) is -8.03. The molecule has 2 aliphatic heterocycles. The molecule has 0 spiro atoms. The van der Waals surface area contributed by atoms with Gasteiger partial charge in [0.1, 0.15) is 54.4 Å². The van der Waals surface area contributed by atoms with Gasteiger partial charge in [-0.2, -0.15) is 0 Å². The Morgan fingerprint density at radius 2 is 1.38 bits per heavy atom. The van der Waals surface area contributed by atoms with Gasteiger partial charge in [0.15, 0.2) is 6.10 Å². The maximum atomic E-state index is 14.5. The Morgan fingerprint density at radius 3 is 2.10 bits per heavy atom. The molecule has 3 aromatic carbocycles. The summed E-state index contributed by atoms with van der Waals surface area (Å²) in [5.41, 5.74) is 1.72. The van der Waals surface area contributed by atoms with Crippen molar-refractivity contribution in [2.45, 2.75) is 127 Å². The number of esters is 1. The number of carboxylic acids is 1. The number of carbonyl (C=O) groups is 8. The molecule has 0 aliphatic carbocycles. The standard InChI is InChI=1S/C49H59N7O13/c1-3-4-5-6-10-13-38-43(69-38)49(67)55-41-27(2)68-40(61)26-51-47(65)42(29-14-16-31(57)17-15-29)56-46(64)37(23-30-25-50-34-19-18-32(58)24-33(30)34)53-44(62)35(20-21-39(59)60)52-45(63)36(54-48(41)66)22-28-11-8-7-9-12-28/h7-9,11-12,14-19,24-25,27,35-38,41-43,50,57-58H,3-6,10,13,20-23,26H2,1-2H3,(H,51,65)(H,52,63)(H,53,62)(H,54,66)(H,55,67)(H,56,64)(H,59,60). The van der Waals surface area contributed by atoms with Crippen molar-refractivity contribution < 1.29 is 63.1 Å². The van der Waals surface area contributed by atoms with Gasteiger partial charge in [-0.1, -0.05) is 81.5 Å². The summed E-state index contributed by atoms with van der Waals surface area (Å²) in [6.07, 6.45) is 2.93. The number of epoxide rings is 1. The van der Waals surface area contributed by atoms with Crippen molar-refractivity contribution in [3.05, 3.63) is 95.7 Å². The number of aromatic hydroxyl groups is 2. The lowest BCUT2D eigenvalue weighted by Gasteiger charge is -2.28. The van der Waals surface area contributed by atoms with E-state index in [4.69, 9.17) is 9.47 Å². The molecule has 4 aromatic rings. The van der Waals surface area contributed by atoms with Crippen molar-refractivity contribution in [3.8, 4) is 11.5 Å². The number of fused-ring (bicyclic) bond motifs is 1. The number of hydrogen-bond acceptors (Lipinski definition) is 12. The summed E-state index contributed by atoms with van der Waals surface area (Å²) in [5, 5.41) is 46.0. The van der Waals surface area contributed by atoms with Gasteiger partial charge in [-0.15, -0.1) is 0 Å². The number of carboxylic acid groups (broad SMARTS) is 1. The van der Waals surface area contributed by atoms with E-state index in [-0.39, 0.29) is 29.9 Å². The van der Waals surface area contributed by atoms with Gasteiger partial charge in [-0.25, -0.2) is 0 Å². The van der Waals surface area contributed by atoms with Crippen LogP contribution < -0.4 is 31.9 Å². The quantitative estimate of drug-likeness (QED) is 0.0438. The van der Waals surface area contributed by atoms with Gasteiger partial charge in [-0.05, 0) is 66.8 Å². The highest BCUT2D eigenvalue weighted by molar-refractivity contribution is 5.98. The van der Waals surface area contributed by atoms with E-state index < -0.39 is 115 Å². The molecule has 8 atom stereocenters. The second-order valence-electron chi connectivity index (χ2n) is 17.3. The SMILES string of the molecule is CCCCCCCC1OC1C(=O)NC1C(=O)NC(Cc2ccccc2)C(=O)NC(CCC(=O)O)C(=O)NC(Cc2c[nH]c3ccc(O)cc23)C(=O)NC(c2ccc(O)cc2)C(=O)NCC(=O)OC1C. The highest BCUT2D eigenvalue weighted by Gasteiger charge is 2.46. The summed E-state index contributed by atoms with van der Waals surface area (Å²) in [6.45, 7) is 2.65. The maximum absolute atomic E-state index is 14.5. The van der Waals surface area contributed by atoms with Crippen molar-refractivity contribution in [1.82, 2.24) is 36.9 Å². The van der Waals surface area contributed by atoms with Crippen LogP contribution in [0.3, 0.4) is 0 Å². The zero-order valence-electron chi connectivity index (χ0n) is 38.3. The lowest BCUT2D eigenvalue weighted by atomic mass is 10.0. The van der Waals surface area contributed by atoms with E-state index in [1.54, 1.807) is 42.6 Å². The van der Waals surface area contributed by atoms with Gasteiger partial charge < -0.3 is 61.7 Å². The minimum atomic E-state index is -1.62. The molecule has 20 heteroatoms. The number of amides is 6. The Morgan fingerprint density at radius 1 is 0.725 bits per heavy atom. The van der Waals surface area contributed by atoms with Crippen molar-refractivity contribution in [2.75, 3.05) is 6.54 Å². The van der Waals surface area contributed by atoms with E-state index in [9.17, 15) is 53.7 Å². The highest BCUT2D eigenvalue weighted by Crippen LogP contribution is 2.29. The third-order valence-electron chi connectivity index (χ3n) is 12.0. The smallest absolute Gasteiger partial charge is 0.325 e. The first-order chi connectivity index (χ1) is 33.1. The number of H-pyrrole nitrogens is 1. The van der Waals surface area contributed by atoms with Crippen LogP contribution >= 0.6 is 0 Å². The molecule has 3 heterocycles. The molecular weight excluding hydrogens is 895 g/mol. The summed E-state index contributed by atoms with van der Waals surface area (Å²) in [7, 11) is 0. The van der Waals surface area contributed by atoms with E-state index in [2.05, 4.69) is 43.8 Å². The fourth-order valence-electron chi connectivity index (χ4n) is 8.13. The van der Waals surface area contributed by atoms with Crippen molar-refractivity contribution in [2.24, 2.45) is 0 Å². The van der Waals surface area contributed by atoms with E-state index in [1.807, 2.05) is 0 Å². The molecule has 1 aromatic heterocycles. The van der Waals surface area contributed by atoms with E-state index in [0.29, 0.717) is 28.5 Å². The average molecular weight is 954 g/mol. The summed E-state index contributed by atoms with van der Waals surface area (Å²) in [6, 6.07) is 10.4. The number of rotatable bonds is 16. The molecule has 2 aliphatic rings. The number of phenolic OH excluding ortho intramolecular Hbond substituents is 2. The molecule has 2 saturated heterocycles. The van der Waals surface area contributed by atoms with Crippen LogP contribution in [0.25, 0.3) is 10.9 Å². The van der Waals surface area contributed by atoms with Crippen LogP contribution in [-0.2, 0) is 60.7 Å². The molecule has 0 radical (unpaired) electrons. The number of hydrogen-bond donors (Lipinski definition) is 10. The molecule has 10 N–H and O–H groups in total. The van der Waals surface area contributed by atoms with Gasteiger partial charge in [0.2, 0.25) is 29.5 Å². The van der Waals surface area contributed by atoms with Gasteiger partial charge in [0.25, 0.3) is 5.91 Å². The third-order valence-corrected chi connectivity index (χ3v) is 12.0. The zero-order valence-corrected chi connectivity index (χ0v) is 38.3. The minimum Gasteiger partial charge on any atom is -0.508 e. The molecule has 69 heavy (non-hydrogen) atoms. The zero-order chi connectivity index (χ0) is 49.6. The second kappa shape index (κ2) is 24.0. The number of aliphatic carboxylic acids is 1. The second-order valence-corrected chi connectivity index (χ2v) is 17.3. The molecule has 2 fully saturated rings. The number of cyclic esters (lactones) is 1. The number of phenols is 2.